The number of fused-ring (bicyclic) bond motifs is 1. The number of carbonyl (C=O) groups is 1. The average Bonchev–Trinajstić information content (AvgIpc) is 3.08. The van der Waals surface area contributed by atoms with E-state index in [1.165, 1.54) is 15.3 Å². The molecule has 0 amide bonds. The quantitative estimate of drug-likeness (QED) is 0.481. The maximum absolute atomic E-state index is 12.5. The van der Waals surface area contributed by atoms with Gasteiger partial charge in [0.2, 0.25) is 0 Å². The molecule has 0 aliphatic carbocycles. The Bertz CT molecular complexity index is 1300. The van der Waals surface area contributed by atoms with Crippen LogP contribution in [-0.2, 0) is 11.3 Å². The van der Waals surface area contributed by atoms with E-state index < -0.39 is 5.97 Å². The maximum Gasteiger partial charge on any atom is 0.361 e. The number of carbonyl (C=O) groups excluding carboxylic acids is 1. The van der Waals surface area contributed by atoms with Gasteiger partial charge >= 0.3 is 5.97 Å². The number of rotatable bonds is 4. The molecule has 29 heavy (non-hydrogen) atoms. The Morgan fingerprint density at radius 1 is 1.10 bits per heavy atom. The van der Waals surface area contributed by atoms with Crippen molar-refractivity contribution < 1.29 is 9.53 Å². The third-order valence-corrected chi connectivity index (χ3v) is 4.53. The summed E-state index contributed by atoms with van der Waals surface area (Å²) in [5, 5.41) is 8.97. The highest BCUT2D eigenvalue weighted by Gasteiger charge is 2.18. The first kappa shape index (κ1) is 18.8. The summed E-state index contributed by atoms with van der Waals surface area (Å²) in [7, 11) is 0. The first-order valence-corrected chi connectivity index (χ1v) is 9.15. The van der Waals surface area contributed by atoms with E-state index in [1.54, 1.807) is 37.3 Å². The minimum atomic E-state index is -0.651. The molecule has 0 spiro atoms. The zero-order chi connectivity index (χ0) is 20.5. The first-order chi connectivity index (χ1) is 13.9. The van der Waals surface area contributed by atoms with Gasteiger partial charge in [0, 0.05) is 16.8 Å². The highest BCUT2D eigenvalue weighted by molar-refractivity contribution is 6.30. The van der Waals surface area contributed by atoms with Gasteiger partial charge in [-0.25, -0.2) is 9.78 Å². The molecule has 0 aliphatic rings. The van der Waals surface area contributed by atoms with Crippen LogP contribution in [0.2, 0.25) is 5.02 Å². The van der Waals surface area contributed by atoms with Crippen molar-refractivity contribution in [2.75, 3.05) is 0 Å². The van der Waals surface area contributed by atoms with Crippen LogP contribution in [0, 0.1) is 13.8 Å². The second-order valence-corrected chi connectivity index (χ2v) is 6.86. The fourth-order valence-electron chi connectivity index (χ4n) is 2.93. The van der Waals surface area contributed by atoms with Crippen molar-refractivity contribution in [3.63, 3.8) is 0 Å². The van der Waals surface area contributed by atoms with Crippen molar-refractivity contribution in [2.24, 2.45) is 0 Å². The van der Waals surface area contributed by atoms with Gasteiger partial charge in [0.15, 0.2) is 5.69 Å². The first-order valence-electron chi connectivity index (χ1n) is 8.78. The molecule has 4 rings (SSSR count). The topological polar surface area (TPSA) is 91.4 Å². The Hall–Kier alpha value is -3.52. The van der Waals surface area contributed by atoms with E-state index in [0.29, 0.717) is 27.7 Å². The van der Waals surface area contributed by atoms with E-state index in [2.05, 4.69) is 15.2 Å². The molecule has 0 bridgehead atoms. The Morgan fingerprint density at radius 2 is 1.90 bits per heavy atom. The van der Waals surface area contributed by atoms with E-state index in [9.17, 15) is 9.59 Å². The van der Waals surface area contributed by atoms with Crippen LogP contribution in [0.25, 0.3) is 11.3 Å². The van der Waals surface area contributed by atoms with Gasteiger partial charge in [0.1, 0.15) is 12.3 Å². The summed E-state index contributed by atoms with van der Waals surface area (Å²) in [5.41, 5.74) is 2.51. The number of hydrogen-bond donors (Lipinski definition) is 0. The van der Waals surface area contributed by atoms with Crippen molar-refractivity contribution in [3.05, 3.63) is 86.7 Å². The molecule has 0 saturated carbocycles. The molecular formula is C20H16ClN5O3. The third-order valence-electron chi connectivity index (χ3n) is 4.30. The van der Waals surface area contributed by atoms with Crippen LogP contribution in [0.4, 0.5) is 0 Å². The number of nitrogens with zero attached hydrogens (tertiary/aromatic N) is 5. The Balaban J connectivity index is 1.55. The van der Waals surface area contributed by atoms with Crippen LogP contribution in [0.5, 0.6) is 0 Å². The molecule has 3 aromatic heterocycles. The standard InChI is InChI=1S/C20H16ClN5O3/c1-12-5-3-8-17-22-15(10-18(27)25(12)17)11-29-20(28)19-13(2)23-26(24-19)16-7-4-6-14(21)9-16/h3-10H,11H2,1-2H3. The predicted octanol–water partition coefficient (Wildman–Crippen LogP) is 2.90. The van der Waals surface area contributed by atoms with E-state index >= 15 is 0 Å². The minimum Gasteiger partial charge on any atom is -0.454 e. The van der Waals surface area contributed by atoms with Gasteiger partial charge < -0.3 is 4.74 Å². The zero-order valence-electron chi connectivity index (χ0n) is 15.7. The van der Waals surface area contributed by atoms with Crippen molar-refractivity contribution >= 4 is 23.2 Å². The van der Waals surface area contributed by atoms with Crippen molar-refractivity contribution in [3.8, 4) is 5.69 Å². The van der Waals surface area contributed by atoms with Crippen LogP contribution in [0.15, 0.2) is 53.3 Å². The molecule has 9 heteroatoms. The summed E-state index contributed by atoms with van der Waals surface area (Å²) < 4.78 is 6.80. The van der Waals surface area contributed by atoms with Gasteiger partial charge in [-0.2, -0.15) is 9.90 Å². The third kappa shape index (κ3) is 3.74. The number of hydrogen-bond acceptors (Lipinski definition) is 6. The summed E-state index contributed by atoms with van der Waals surface area (Å²) >= 11 is 5.99. The second-order valence-electron chi connectivity index (χ2n) is 6.43. The van der Waals surface area contributed by atoms with Crippen LogP contribution < -0.4 is 5.56 Å². The maximum atomic E-state index is 12.5. The Kier molecular flexibility index (Phi) is 4.85. The van der Waals surface area contributed by atoms with Crippen molar-refractivity contribution in [1.82, 2.24) is 24.4 Å². The fourth-order valence-corrected chi connectivity index (χ4v) is 3.11. The van der Waals surface area contributed by atoms with Crippen LogP contribution in [0.1, 0.15) is 27.6 Å². The van der Waals surface area contributed by atoms with E-state index in [-0.39, 0.29) is 17.9 Å². The number of esters is 1. The zero-order valence-corrected chi connectivity index (χ0v) is 16.4. The average molecular weight is 410 g/mol. The lowest BCUT2D eigenvalue weighted by atomic mass is 10.3. The Labute approximate surface area is 170 Å². The van der Waals surface area contributed by atoms with Crippen molar-refractivity contribution in [1.29, 1.82) is 0 Å². The number of halogens is 1. The lowest BCUT2D eigenvalue weighted by Crippen LogP contribution is -2.18. The largest absolute Gasteiger partial charge is 0.454 e. The fraction of sp³-hybridized carbons (Fsp3) is 0.150. The molecule has 1 aromatic carbocycles. The highest BCUT2D eigenvalue weighted by atomic mass is 35.5. The normalized spacial score (nSPS) is 11.0. The van der Waals surface area contributed by atoms with Crippen molar-refractivity contribution in [2.45, 2.75) is 20.5 Å². The molecule has 0 unspecified atom stereocenters. The van der Waals surface area contributed by atoms with E-state index in [0.717, 1.165) is 5.69 Å². The van der Waals surface area contributed by atoms with Gasteiger partial charge in [0.05, 0.1) is 17.1 Å². The molecular weight excluding hydrogens is 394 g/mol. The molecule has 0 saturated heterocycles. The molecule has 4 aromatic rings. The van der Waals surface area contributed by atoms with Gasteiger partial charge in [0.25, 0.3) is 5.56 Å². The number of aromatic nitrogens is 5. The van der Waals surface area contributed by atoms with E-state index in [1.807, 2.05) is 19.1 Å². The molecule has 0 aliphatic heterocycles. The van der Waals surface area contributed by atoms with Crippen LogP contribution >= 0.6 is 11.6 Å². The summed E-state index contributed by atoms with van der Waals surface area (Å²) in [6.07, 6.45) is 0. The number of pyridine rings is 1. The summed E-state index contributed by atoms with van der Waals surface area (Å²) in [5.74, 6) is -0.651. The lowest BCUT2D eigenvalue weighted by molar-refractivity contribution is 0.0459. The molecule has 0 radical (unpaired) electrons. The predicted molar refractivity (Wildman–Crippen MR) is 106 cm³/mol. The lowest BCUT2D eigenvalue weighted by Gasteiger charge is -2.07. The molecule has 0 N–H and O–H groups in total. The smallest absolute Gasteiger partial charge is 0.361 e. The van der Waals surface area contributed by atoms with Gasteiger partial charge in [-0.3, -0.25) is 9.20 Å². The minimum absolute atomic E-state index is 0.0818. The molecule has 3 heterocycles. The molecule has 146 valence electrons. The van der Waals surface area contributed by atoms with Gasteiger partial charge in [-0.15, -0.1) is 5.10 Å². The summed E-state index contributed by atoms with van der Waals surface area (Å²) in [6.45, 7) is 3.33. The molecule has 0 fully saturated rings. The van der Waals surface area contributed by atoms with Gasteiger partial charge in [-0.05, 0) is 44.2 Å². The summed E-state index contributed by atoms with van der Waals surface area (Å²) in [4.78, 5) is 30.5. The van der Waals surface area contributed by atoms with Crippen LogP contribution in [-0.4, -0.2) is 30.3 Å². The van der Waals surface area contributed by atoms with Gasteiger partial charge in [-0.1, -0.05) is 23.7 Å². The SMILES string of the molecule is Cc1nn(-c2cccc(Cl)c2)nc1C(=O)OCc1cc(=O)n2c(C)cccc2n1. The number of aryl methyl sites for hydroxylation is 2. The Morgan fingerprint density at radius 3 is 2.69 bits per heavy atom. The van der Waals surface area contributed by atoms with E-state index in [4.69, 9.17) is 16.3 Å². The molecule has 0 atom stereocenters. The monoisotopic (exact) mass is 409 g/mol. The second kappa shape index (κ2) is 7.48. The number of ether oxygens (including phenoxy) is 1. The molecule has 8 nitrogen and oxygen atoms in total. The summed E-state index contributed by atoms with van der Waals surface area (Å²) in [6, 6.07) is 13.7. The van der Waals surface area contributed by atoms with Crippen LogP contribution in [0.3, 0.4) is 0 Å². The number of benzene rings is 1. The highest BCUT2D eigenvalue weighted by Crippen LogP contribution is 2.15.